The summed E-state index contributed by atoms with van der Waals surface area (Å²) in [6, 6.07) is 3.49. The van der Waals surface area contributed by atoms with E-state index in [0.717, 1.165) is 18.2 Å². The first-order chi connectivity index (χ1) is 8.32. The second-order valence-electron chi connectivity index (χ2n) is 3.46. The number of hydrogen-bond acceptors (Lipinski definition) is 4. The van der Waals surface area contributed by atoms with Crippen molar-refractivity contribution in [1.82, 2.24) is 0 Å². The molecule has 1 aromatic rings. The van der Waals surface area contributed by atoms with Crippen molar-refractivity contribution >= 4 is 18.0 Å². The summed E-state index contributed by atoms with van der Waals surface area (Å²) in [5.41, 5.74) is -0.688. The fraction of sp³-hybridized carbons (Fsp3) is 0.0909. The number of aromatic carboxylic acids is 2. The monoisotopic (exact) mass is 251 g/mol. The lowest BCUT2D eigenvalue weighted by Crippen LogP contribution is -2.08. The van der Waals surface area contributed by atoms with Crippen molar-refractivity contribution in [3.8, 4) is 0 Å². The average molecular weight is 251 g/mol. The molecule has 0 radical (unpaired) electrons. The molecule has 0 unspecified atom stereocenters. The lowest BCUT2D eigenvalue weighted by molar-refractivity contribution is -0.422. The summed E-state index contributed by atoms with van der Waals surface area (Å²) in [6.07, 6.45) is 1.16. The van der Waals surface area contributed by atoms with Gasteiger partial charge in [-0.05, 0) is 17.7 Å². The maximum Gasteiger partial charge on any atom is 0.336 e. The van der Waals surface area contributed by atoms with E-state index in [1.54, 1.807) is 0 Å². The maximum absolute atomic E-state index is 10.9. The van der Waals surface area contributed by atoms with Gasteiger partial charge < -0.3 is 10.2 Å². The summed E-state index contributed by atoms with van der Waals surface area (Å²) in [6.45, 7) is 1.26. The molecule has 0 atom stereocenters. The molecular formula is C11H9NO6. The highest BCUT2D eigenvalue weighted by atomic mass is 16.6. The van der Waals surface area contributed by atoms with Gasteiger partial charge in [-0.2, -0.15) is 0 Å². The molecule has 0 aromatic heterocycles. The zero-order valence-electron chi connectivity index (χ0n) is 9.28. The number of carboxylic acids is 2. The van der Waals surface area contributed by atoms with Gasteiger partial charge in [0.05, 0.1) is 16.1 Å². The third-order valence-corrected chi connectivity index (χ3v) is 2.17. The van der Waals surface area contributed by atoms with Crippen molar-refractivity contribution in [3.05, 3.63) is 50.7 Å². The summed E-state index contributed by atoms with van der Waals surface area (Å²) in [7, 11) is 0. The Kier molecular flexibility index (Phi) is 3.78. The quantitative estimate of drug-likeness (QED) is 0.621. The number of rotatable bonds is 4. The Morgan fingerprint density at radius 2 is 1.78 bits per heavy atom. The van der Waals surface area contributed by atoms with Gasteiger partial charge in [0, 0.05) is 13.0 Å². The summed E-state index contributed by atoms with van der Waals surface area (Å²) in [4.78, 5) is 31.5. The minimum Gasteiger partial charge on any atom is -0.478 e. The number of allylic oxidation sites excluding steroid dienone is 1. The summed E-state index contributed by atoms with van der Waals surface area (Å²) in [5.74, 6) is -2.77. The van der Waals surface area contributed by atoms with Gasteiger partial charge in [-0.15, -0.1) is 0 Å². The molecule has 1 aromatic carbocycles. The minimum absolute atomic E-state index is 0.172. The molecule has 2 N–H and O–H groups in total. The lowest BCUT2D eigenvalue weighted by Gasteiger charge is -2.02. The predicted octanol–water partition coefficient (Wildman–Crippen LogP) is 1.72. The fourth-order valence-corrected chi connectivity index (χ4v) is 1.31. The van der Waals surface area contributed by atoms with E-state index in [9.17, 15) is 19.7 Å². The molecule has 0 aliphatic carbocycles. The number of benzene rings is 1. The molecule has 1 rings (SSSR count). The van der Waals surface area contributed by atoms with Crippen LogP contribution in [0.4, 0.5) is 0 Å². The minimum atomic E-state index is -1.40. The second kappa shape index (κ2) is 5.09. The Balaban J connectivity index is 3.32. The third-order valence-electron chi connectivity index (χ3n) is 2.17. The van der Waals surface area contributed by atoms with E-state index in [4.69, 9.17) is 10.2 Å². The van der Waals surface area contributed by atoms with Crippen molar-refractivity contribution in [2.45, 2.75) is 6.92 Å². The van der Waals surface area contributed by atoms with Gasteiger partial charge in [0.1, 0.15) is 0 Å². The summed E-state index contributed by atoms with van der Waals surface area (Å²) < 4.78 is 0. The zero-order chi connectivity index (χ0) is 13.9. The number of nitro groups is 1. The van der Waals surface area contributed by atoms with Gasteiger partial charge >= 0.3 is 11.9 Å². The van der Waals surface area contributed by atoms with E-state index in [1.807, 2.05) is 0 Å². The first kappa shape index (κ1) is 13.4. The van der Waals surface area contributed by atoms with Crippen LogP contribution in [0.3, 0.4) is 0 Å². The van der Waals surface area contributed by atoms with Crippen LogP contribution in [0.1, 0.15) is 33.2 Å². The highest BCUT2D eigenvalue weighted by molar-refractivity contribution is 6.02. The van der Waals surface area contributed by atoms with E-state index < -0.39 is 22.4 Å². The van der Waals surface area contributed by atoms with Gasteiger partial charge in [0.2, 0.25) is 5.70 Å². The largest absolute Gasteiger partial charge is 0.478 e. The van der Waals surface area contributed by atoms with Crippen LogP contribution in [-0.2, 0) is 0 Å². The third kappa shape index (κ3) is 2.91. The van der Waals surface area contributed by atoms with Crippen molar-refractivity contribution in [2.75, 3.05) is 0 Å². The molecule has 18 heavy (non-hydrogen) atoms. The van der Waals surface area contributed by atoms with Crippen molar-refractivity contribution in [2.24, 2.45) is 0 Å². The average Bonchev–Trinajstić information content (AvgIpc) is 2.28. The summed E-state index contributed by atoms with van der Waals surface area (Å²) in [5, 5.41) is 28.1. The van der Waals surface area contributed by atoms with Crippen LogP contribution >= 0.6 is 0 Å². The molecule has 94 valence electrons. The number of nitrogens with zero attached hydrogens (tertiary/aromatic N) is 1. The van der Waals surface area contributed by atoms with E-state index in [2.05, 4.69) is 0 Å². The van der Waals surface area contributed by atoms with Crippen molar-refractivity contribution in [1.29, 1.82) is 0 Å². The summed E-state index contributed by atoms with van der Waals surface area (Å²) >= 11 is 0. The maximum atomic E-state index is 10.9. The predicted molar refractivity (Wildman–Crippen MR) is 61.0 cm³/mol. The van der Waals surface area contributed by atoms with Crippen LogP contribution in [0.2, 0.25) is 0 Å². The standard InChI is InChI=1S/C11H9NO6/c1-6(12(17)18)4-7-2-3-8(10(13)14)9(5-7)11(15)16/h2-5H,1H3,(H,13,14)(H,15,16)/b6-4+. The van der Waals surface area contributed by atoms with Gasteiger partial charge in [-0.1, -0.05) is 6.07 Å². The molecule has 0 saturated carbocycles. The molecule has 0 saturated heterocycles. The SMILES string of the molecule is C/C(=C\c1ccc(C(=O)O)c(C(=O)O)c1)[N+](=O)[O-]. The number of carboxylic acid groups (broad SMARTS) is 2. The topological polar surface area (TPSA) is 118 Å². The van der Waals surface area contributed by atoms with Gasteiger partial charge in [-0.25, -0.2) is 9.59 Å². The Morgan fingerprint density at radius 1 is 1.22 bits per heavy atom. The highest BCUT2D eigenvalue weighted by Crippen LogP contribution is 2.15. The molecule has 0 bridgehead atoms. The van der Waals surface area contributed by atoms with Crippen LogP contribution in [0, 0.1) is 10.1 Å². The van der Waals surface area contributed by atoms with Crippen molar-refractivity contribution < 1.29 is 24.7 Å². The van der Waals surface area contributed by atoms with Crippen molar-refractivity contribution in [3.63, 3.8) is 0 Å². The van der Waals surface area contributed by atoms with Crippen LogP contribution in [0.25, 0.3) is 6.08 Å². The number of carbonyl (C=O) groups is 2. The first-order valence-corrected chi connectivity index (χ1v) is 4.76. The molecular weight excluding hydrogens is 242 g/mol. The van der Waals surface area contributed by atoms with Crippen LogP contribution in [0.5, 0.6) is 0 Å². The molecule has 0 amide bonds. The molecule has 0 aliphatic rings. The Bertz CT molecular complexity index is 561. The zero-order valence-corrected chi connectivity index (χ0v) is 9.28. The van der Waals surface area contributed by atoms with E-state index in [-0.39, 0.29) is 16.8 Å². The van der Waals surface area contributed by atoms with E-state index in [0.29, 0.717) is 0 Å². The fourth-order valence-electron chi connectivity index (χ4n) is 1.31. The van der Waals surface area contributed by atoms with E-state index >= 15 is 0 Å². The van der Waals surface area contributed by atoms with E-state index in [1.165, 1.54) is 13.0 Å². The smallest absolute Gasteiger partial charge is 0.336 e. The molecule has 0 aliphatic heterocycles. The van der Waals surface area contributed by atoms with Crippen LogP contribution in [-0.4, -0.2) is 27.1 Å². The van der Waals surface area contributed by atoms with Gasteiger partial charge in [0.15, 0.2) is 0 Å². The molecule has 7 nitrogen and oxygen atoms in total. The lowest BCUT2D eigenvalue weighted by atomic mass is 10.0. The van der Waals surface area contributed by atoms with Gasteiger partial charge in [-0.3, -0.25) is 10.1 Å². The number of hydrogen-bond donors (Lipinski definition) is 2. The first-order valence-electron chi connectivity index (χ1n) is 4.76. The molecule has 0 spiro atoms. The molecule has 7 heteroatoms. The highest BCUT2D eigenvalue weighted by Gasteiger charge is 2.16. The van der Waals surface area contributed by atoms with Crippen LogP contribution in [0.15, 0.2) is 23.9 Å². The Hall–Kier alpha value is -2.70. The van der Waals surface area contributed by atoms with Crippen LogP contribution < -0.4 is 0 Å². The molecule has 0 fully saturated rings. The normalized spacial score (nSPS) is 11.1. The Labute approximate surface area is 101 Å². The Morgan fingerprint density at radius 3 is 2.22 bits per heavy atom. The second-order valence-corrected chi connectivity index (χ2v) is 3.46. The molecule has 0 heterocycles. The van der Waals surface area contributed by atoms with Gasteiger partial charge in [0.25, 0.3) is 0 Å².